The number of nitro benzene ring substituents is 1. The molecule has 0 bridgehead atoms. The Balaban J connectivity index is 2.00. The van der Waals surface area contributed by atoms with Gasteiger partial charge in [0, 0.05) is 18.7 Å². The molecular formula is C13H17ClN2O2. The van der Waals surface area contributed by atoms with Crippen molar-refractivity contribution < 1.29 is 4.92 Å². The van der Waals surface area contributed by atoms with Gasteiger partial charge in [-0.05, 0) is 25.3 Å². The van der Waals surface area contributed by atoms with Crippen LogP contribution in [0.25, 0.3) is 0 Å². The molecule has 0 spiro atoms. The Labute approximate surface area is 111 Å². The van der Waals surface area contributed by atoms with Crippen LogP contribution in [0.2, 0.25) is 5.02 Å². The molecule has 1 unspecified atom stereocenters. The van der Waals surface area contributed by atoms with Gasteiger partial charge in [0.05, 0.1) is 15.5 Å². The third-order valence-electron chi connectivity index (χ3n) is 3.30. The summed E-state index contributed by atoms with van der Waals surface area (Å²) >= 11 is 6.03. The zero-order valence-electron chi connectivity index (χ0n) is 10.4. The molecule has 1 atom stereocenters. The molecule has 1 saturated carbocycles. The highest BCUT2D eigenvalue weighted by atomic mass is 35.5. The predicted octanol–water partition coefficient (Wildman–Crippen LogP) is 3.53. The van der Waals surface area contributed by atoms with Crippen LogP contribution in [0.1, 0.15) is 31.7 Å². The van der Waals surface area contributed by atoms with E-state index in [-0.39, 0.29) is 10.6 Å². The standard InChI is InChI=1S/C13H17ClN2O2/c1-9(7-10-5-6-10)15-8-11-12(14)3-2-4-13(11)16(17)18/h2-4,9-10,15H,5-8H2,1H3. The molecule has 0 saturated heterocycles. The summed E-state index contributed by atoms with van der Waals surface area (Å²) in [6.07, 6.45) is 3.77. The van der Waals surface area contributed by atoms with Gasteiger partial charge in [-0.2, -0.15) is 0 Å². The van der Waals surface area contributed by atoms with Gasteiger partial charge in [-0.15, -0.1) is 0 Å². The van der Waals surface area contributed by atoms with Gasteiger partial charge >= 0.3 is 0 Å². The Bertz CT molecular complexity index is 447. The van der Waals surface area contributed by atoms with Crippen LogP contribution in [0.3, 0.4) is 0 Å². The van der Waals surface area contributed by atoms with E-state index in [2.05, 4.69) is 12.2 Å². The Morgan fingerprint density at radius 3 is 2.89 bits per heavy atom. The maximum atomic E-state index is 10.9. The van der Waals surface area contributed by atoms with Crippen LogP contribution in [0, 0.1) is 16.0 Å². The molecule has 1 aliphatic rings. The topological polar surface area (TPSA) is 55.2 Å². The maximum Gasteiger partial charge on any atom is 0.275 e. The van der Waals surface area contributed by atoms with Crippen molar-refractivity contribution in [1.82, 2.24) is 5.32 Å². The molecular weight excluding hydrogens is 252 g/mol. The summed E-state index contributed by atoms with van der Waals surface area (Å²) in [4.78, 5) is 10.5. The van der Waals surface area contributed by atoms with Crippen molar-refractivity contribution in [2.45, 2.75) is 38.8 Å². The summed E-state index contributed by atoms with van der Waals surface area (Å²) in [6.45, 7) is 2.56. The molecule has 1 aromatic carbocycles. The lowest BCUT2D eigenvalue weighted by atomic mass is 10.1. The van der Waals surface area contributed by atoms with Crippen molar-refractivity contribution in [1.29, 1.82) is 0 Å². The summed E-state index contributed by atoms with van der Waals surface area (Å²) in [7, 11) is 0. The Morgan fingerprint density at radius 1 is 1.56 bits per heavy atom. The van der Waals surface area contributed by atoms with E-state index >= 15 is 0 Å². The van der Waals surface area contributed by atoms with Gasteiger partial charge in [0.25, 0.3) is 5.69 Å². The fourth-order valence-electron chi connectivity index (χ4n) is 2.11. The van der Waals surface area contributed by atoms with E-state index in [1.165, 1.54) is 18.9 Å². The van der Waals surface area contributed by atoms with E-state index in [4.69, 9.17) is 11.6 Å². The van der Waals surface area contributed by atoms with E-state index in [1.54, 1.807) is 12.1 Å². The van der Waals surface area contributed by atoms with Crippen LogP contribution in [-0.4, -0.2) is 11.0 Å². The average Bonchev–Trinajstić information content (AvgIpc) is 3.10. The Morgan fingerprint density at radius 2 is 2.28 bits per heavy atom. The third kappa shape index (κ3) is 3.43. The second-order valence-electron chi connectivity index (χ2n) is 4.96. The normalized spacial score (nSPS) is 16.6. The van der Waals surface area contributed by atoms with Crippen molar-refractivity contribution in [3.05, 3.63) is 38.9 Å². The minimum absolute atomic E-state index is 0.0913. The molecule has 0 amide bonds. The first-order chi connectivity index (χ1) is 8.58. The van der Waals surface area contributed by atoms with Gasteiger partial charge in [-0.25, -0.2) is 0 Å². The van der Waals surface area contributed by atoms with E-state index in [0.29, 0.717) is 23.2 Å². The smallest absolute Gasteiger partial charge is 0.275 e. The monoisotopic (exact) mass is 268 g/mol. The summed E-state index contributed by atoms with van der Waals surface area (Å²) in [5, 5.41) is 14.7. The van der Waals surface area contributed by atoms with Gasteiger partial charge < -0.3 is 5.32 Å². The largest absolute Gasteiger partial charge is 0.310 e. The molecule has 1 aliphatic carbocycles. The number of benzene rings is 1. The zero-order chi connectivity index (χ0) is 13.1. The van der Waals surface area contributed by atoms with Crippen LogP contribution >= 0.6 is 11.6 Å². The highest BCUT2D eigenvalue weighted by molar-refractivity contribution is 6.31. The van der Waals surface area contributed by atoms with Gasteiger partial charge in [-0.3, -0.25) is 10.1 Å². The molecule has 18 heavy (non-hydrogen) atoms. The van der Waals surface area contributed by atoms with Crippen molar-refractivity contribution in [2.24, 2.45) is 5.92 Å². The van der Waals surface area contributed by atoms with E-state index in [0.717, 1.165) is 12.3 Å². The first-order valence-electron chi connectivity index (χ1n) is 6.23. The number of hydrogen-bond donors (Lipinski definition) is 1. The fourth-order valence-corrected chi connectivity index (χ4v) is 2.34. The van der Waals surface area contributed by atoms with Gasteiger partial charge in [0.15, 0.2) is 0 Å². The molecule has 0 radical (unpaired) electrons. The number of halogens is 1. The summed E-state index contributed by atoms with van der Waals surface area (Å²) < 4.78 is 0. The summed E-state index contributed by atoms with van der Waals surface area (Å²) in [5.41, 5.74) is 0.667. The minimum Gasteiger partial charge on any atom is -0.310 e. The maximum absolute atomic E-state index is 10.9. The molecule has 1 N–H and O–H groups in total. The number of rotatable bonds is 6. The van der Waals surface area contributed by atoms with Crippen LogP contribution in [0.4, 0.5) is 5.69 Å². The van der Waals surface area contributed by atoms with Gasteiger partial charge in [0.2, 0.25) is 0 Å². The highest BCUT2D eigenvalue weighted by Gasteiger charge is 2.24. The molecule has 4 nitrogen and oxygen atoms in total. The third-order valence-corrected chi connectivity index (χ3v) is 3.66. The molecule has 1 aromatic rings. The van der Waals surface area contributed by atoms with Gasteiger partial charge in [-0.1, -0.05) is 30.5 Å². The Kier molecular flexibility index (Phi) is 4.19. The van der Waals surface area contributed by atoms with Crippen molar-refractivity contribution in [3.8, 4) is 0 Å². The van der Waals surface area contributed by atoms with Crippen LogP contribution in [0.5, 0.6) is 0 Å². The average molecular weight is 269 g/mol. The first kappa shape index (κ1) is 13.3. The molecule has 98 valence electrons. The summed E-state index contributed by atoms with van der Waals surface area (Å²) in [6, 6.07) is 5.16. The number of nitrogens with zero attached hydrogens (tertiary/aromatic N) is 1. The lowest BCUT2D eigenvalue weighted by Gasteiger charge is -2.14. The van der Waals surface area contributed by atoms with E-state index in [1.807, 2.05) is 0 Å². The first-order valence-corrected chi connectivity index (χ1v) is 6.61. The van der Waals surface area contributed by atoms with Gasteiger partial charge in [0.1, 0.15) is 0 Å². The predicted molar refractivity (Wildman–Crippen MR) is 71.7 cm³/mol. The molecule has 5 heteroatoms. The quantitative estimate of drug-likeness (QED) is 0.634. The molecule has 1 fully saturated rings. The number of nitro groups is 1. The second-order valence-corrected chi connectivity index (χ2v) is 5.36. The molecule has 0 aliphatic heterocycles. The SMILES string of the molecule is CC(CC1CC1)NCc1c(Cl)cccc1[N+](=O)[O-]. The fraction of sp³-hybridized carbons (Fsp3) is 0.538. The highest BCUT2D eigenvalue weighted by Crippen LogP contribution is 2.33. The van der Waals surface area contributed by atoms with E-state index in [9.17, 15) is 10.1 Å². The Hall–Kier alpha value is -1.13. The second kappa shape index (κ2) is 5.67. The molecule has 2 rings (SSSR count). The number of hydrogen-bond acceptors (Lipinski definition) is 3. The minimum atomic E-state index is -0.381. The molecule has 0 aromatic heterocycles. The van der Waals surface area contributed by atoms with E-state index < -0.39 is 0 Å². The zero-order valence-corrected chi connectivity index (χ0v) is 11.1. The van der Waals surface area contributed by atoms with Crippen molar-refractivity contribution in [3.63, 3.8) is 0 Å². The lowest BCUT2D eigenvalue weighted by Crippen LogP contribution is -2.26. The van der Waals surface area contributed by atoms with Crippen molar-refractivity contribution in [2.75, 3.05) is 0 Å². The van der Waals surface area contributed by atoms with Crippen LogP contribution < -0.4 is 5.32 Å². The van der Waals surface area contributed by atoms with Crippen LogP contribution in [-0.2, 0) is 6.54 Å². The van der Waals surface area contributed by atoms with Crippen LogP contribution in [0.15, 0.2) is 18.2 Å². The number of nitrogens with one attached hydrogen (secondary N) is 1. The molecule has 0 heterocycles. The lowest BCUT2D eigenvalue weighted by molar-refractivity contribution is -0.385. The summed E-state index contributed by atoms with van der Waals surface area (Å²) in [5.74, 6) is 0.841. The van der Waals surface area contributed by atoms with Crippen molar-refractivity contribution >= 4 is 17.3 Å².